The molecule has 114 valence electrons. The lowest BCUT2D eigenvalue weighted by Crippen LogP contribution is -2.37. The highest BCUT2D eigenvalue weighted by Crippen LogP contribution is 2.24. The van der Waals surface area contributed by atoms with Crippen molar-refractivity contribution in [1.29, 1.82) is 0 Å². The van der Waals surface area contributed by atoms with E-state index in [9.17, 15) is 13.6 Å². The molecule has 2 heterocycles. The minimum Gasteiger partial charge on any atom is -0.367 e. The third kappa shape index (κ3) is 3.05. The lowest BCUT2D eigenvalue weighted by molar-refractivity contribution is 0.0940. The molecule has 1 amide bonds. The van der Waals surface area contributed by atoms with Gasteiger partial charge in [0, 0.05) is 37.6 Å². The van der Waals surface area contributed by atoms with Gasteiger partial charge in [-0.3, -0.25) is 9.78 Å². The molecule has 6 heteroatoms. The summed E-state index contributed by atoms with van der Waals surface area (Å²) in [5.41, 5.74) is 0.855. The van der Waals surface area contributed by atoms with Gasteiger partial charge >= 0.3 is 0 Å². The van der Waals surface area contributed by atoms with Crippen molar-refractivity contribution in [1.82, 2.24) is 10.3 Å². The number of anilines is 1. The number of pyridine rings is 1. The number of carbonyl (C=O) groups excluding carboxylic acids is 1. The van der Waals surface area contributed by atoms with Crippen LogP contribution in [-0.2, 0) is 0 Å². The van der Waals surface area contributed by atoms with Gasteiger partial charge in [-0.25, -0.2) is 8.78 Å². The predicted octanol–water partition coefficient (Wildman–Crippen LogP) is 2.37. The first kappa shape index (κ1) is 14.4. The molecule has 0 saturated carbocycles. The van der Waals surface area contributed by atoms with Crippen LogP contribution >= 0.6 is 0 Å². The Morgan fingerprint density at radius 3 is 2.91 bits per heavy atom. The molecule has 2 aromatic rings. The molecule has 1 aromatic heterocycles. The molecule has 1 unspecified atom stereocenters. The average Bonchev–Trinajstić information content (AvgIpc) is 2.96. The molecule has 1 aromatic carbocycles. The lowest BCUT2D eigenvalue weighted by Gasteiger charge is -2.19. The van der Waals surface area contributed by atoms with E-state index < -0.39 is 11.6 Å². The molecule has 0 aliphatic carbocycles. The Balaban J connectivity index is 1.64. The minimum absolute atomic E-state index is 0.0721. The Bertz CT molecular complexity index is 678. The summed E-state index contributed by atoms with van der Waals surface area (Å²) < 4.78 is 26.7. The summed E-state index contributed by atoms with van der Waals surface area (Å²) in [6.45, 7) is 1.11. The highest BCUT2D eigenvalue weighted by molar-refractivity contribution is 5.94. The molecular formula is C16H15F2N3O. The van der Waals surface area contributed by atoms with E-state index in [0.29, 0.717) is 30.8 Å². The van der Waals surface area contributed by atoms with E-state index in [2.05, 4.69) is 10.3 Å². The summed E-state index contributed by atoms with van der Waals surface area (Å²) in [6.07, 6.45) is 3.82. The van der Waals surface area contributed by atoms with Gasteiger partial charge in [0.1, 0.15) is 11.6 Å². The van der Waals surface area contributed by atoms with Crippen LogP contribution in [0.2, 0.25) is 0 Å². The van der Waals surface area contributed by atoms with Crippen molar-refractivity contribution >= 4 is 11.6 Å². The van der Waals surface area contributed by atoms with Gasteiger partial charge < -0.3 is 10.2 Å². The fourth-order valence-corrected chi connectivity index (χ4v) is 2.60. The van der Waals surface area contributed by atoms with E-state index in [1.54, 1.807) is 18.3 Å². The first-order chi connectivity index (χ1) is 10.6. The molecule has 3 rings (SSSR count). The van der Waals surface area contributed by atoms with Crippen LogP contribution in [0.3, 0.4) is 0 Å². The topological polar surface area (TPSA) is 45.2 Å². The largest absolute Gasteiger partial charge is 0.367 e. The molecular weight excluding hydrogens is 288 g/mol. The van der Waals surface area contributed by atoms with Crippen molar-refractivity contribution in [3.05, 3.63) is 59.9 Å². The molecule has 22 heavy (non-hydrogen) atoms. The normalized spacial score (nSPS) is 17.5. The highest BCUT2D eigenvalue weighted by atomic mass is 19.1. The number of nitrogens with one attached hydrogen (secondary N) is 1. The number of hydrogen-bond acceptors (Lipinski definition) is 3. The Morgan fingerprint density at radius 2 is 2.18 bits per heavy atom. The van der Waals surface area contributed by atoms with Crippen LogP contribution in [0.1, 0.15) is 16.8 Å². The summed E-state index contributed by atoms with van der Waals surface area (Å²) in [6, 6.07) is 6.85. The number of carbonyl (C=O) groups is 1. The summed E-state index contributed by atoms with van der Waals surface area (Å²) >= 11 is 0. The Labute approximate surface area is 126 Å². The smallest absolute Gasteiger partial charge is 0.253 e. The molecule has 0 radical (unpaired) electrons. The molecule has 1 aliphatic rings. The first-order valence-corrected chi connectivity index (χ1v) is 7.04. The fraction of sp³-hybridized carbons (Fsp3) is 0.250. The van der Waals surface area contributed by atoms with Gasteiger partial charge in [-0.15, -0.1) is 0 Å². The van der Waals surface area contributed by atoms with Gasteiger partial charge in [-0.05, 0) is 30.7 Å². The number of hydrogen-bond donors (Lipinski definition) is 1. The van der Waals surface area contributed by atoms with Gasteiger partial charge in [-0.2, -0.15) is 0 Å². The summed E-state index contributed by atoms with van der Waals surface area (Å²) in [7, 11) is 0. The summed E-state index contributed by atoms with van der Waals surface area (Å²) in [5, 5.41) is 2.91. The third-order valence-electron chi connectivity index (χ3n) is 3.70. The Kier molecular flexibility index (Phi) is 4.00. The van der Waals surface area contributed by atoms with Crippen molar-refractivity contribution < 1.29 is 13.6 Å². The van der Waals surface area contributed by atoms with Crippen LogP contribution in [0.25, 0.3) is 0 Å². The molecule has 1 fully saturated rings. The number of nitrogens with zero attached hydrogens (tertiary/aromatic N) is 2. The van der Waals surface area contributed by atoms with Crippen molar-refractivity contribution in [2.24, 2.45) is 0 Å². The Morgan fingerprint density at radius 1 is 1.32 bits per heavy atom. The molecule has 4 nitrogen and oxygen atoms in total. The SMILES string of the molecule is O=C(NC1CCN(c2ccc(F)cc2F)C1)c1cccnc1. The van der Waals surface area contributed by atoms with Crippen LogP contribution < -0.4 is 10.2 Å². The highest BCUT2D eigenvalue weighted by Gasteiger charge is 2.26. The van der Waals surface area contributed by atoms with E-state index >= 15 is 0 Å². The number of aromatic nitrogens is 1. The average molecular weight is 303 g/mol. The maximum Gasteiger partial charge on any atom is 0.253 e. The monoisotopic (exact) mass is 303 g/mol. The quantitative estimate of drug-likeness (QED) is 0.947. The van der Waals surface area contributed by atoms with Crippen LogP contribution in [-0.4, -0.2) is 30.0 Å². The minimum atomic E-state index is -0.595. The standard InChI is InChI=1S/C16H15F2N3O/c17-12-3-4-15(14(18)8-12)21-7-5-13(10-21)20-16(22)11-2-1-6-19-9-11/h1-4,6,8-9,13H,5,7,10H2,(H,20,22). The van der Waals surface area contributed by atoms with Gasteiger partial charge in [0.05, 0.1) is 11.3 Å². The van der Waals surface area contributed by atoms with E-state index in [1.165, 1.54) is 18.3 Å². The zero-order valence-corrected chi connectivity index (χ0v) is 11.8. The molecule has 1 saturated heterocycles. The second kappa shape index (κ2) is 6.09. The van der Waals surface area contributed by atoms with E-state index in [0.717, 1.165) is 6.07 Å². The second-order valence-electron chi connectivity index (χ2n) is 5.24. The number of amides is 1. The van der Waals surface area contributed by atoms with E-state index in [4.69, 9.17) is 0 Å². The molecule has 1 N–H and O–H groups in total. The van der Waals surface area contributed by atoms with Crippen molar-refractivity contribution in [3.8, 4) is 0 Å². The zero-order chi connectivity index (χ0) is 15.5. The predicted molar refractivity (Wildman–Crippen MR) is 78.7 cm³/mol. The zero-order valence-electron chi connectivity index (χ0n) is 11.8. The van der Waals surface area contributed by atoms with Crippen LogP contribution in [0.4, 0.5) is 14.5 Å². The van der Waals surface area contributed by atoms with E-state index in [1.807, 2.05) is 4.90 Å². The molecule has 0 spiro atoms. The van der Waals surface area contributed by atoms with Crippen molar-refractivity contribution in [2.45, 2.75) is 12.5 Å². The van der Waals surface area contributed by atoms with Crippen LogP contribution in [0.5, 0.6) is 0 Å². The van der Waals surface area contributed by atoms with Gasteiger partial charge in [0.2, 0.25) is 0 Å². The van der Waals surface area contributed by atoms with Gasteiger partial charge in [0.25, 0.3) is 5.91 Å². The summed E-state index contributed by atoms with van der Waals surface area (Å²) in [4.78, 5) is 17.8. The third-order valence-corrected chi connectivity index (χ3v) is 3.70. The van der Waals surface area contributed by atoms with E-state index in [-0.39, 0.29) is 11.9 Å². The number of rotatable bonds is 3. The summed E-state index contributed by atoms with van der Waals surface area (Å²) in [5.74, 6) is -1.37. The van der Waals surface area contributed by atoms with Crippen molar-refractivity contribution in [3.63, 3.8) is 0 Å². The van der Waals surface area contributed by atoms with Gasteiger partial charge in [-0.1, -0.05) is 0 Å². The maximum atomic E-state index is 13.8. The van der Waals surface area contributed by atoms with Crippen molar-refractivity contribution in [2.75, 3.05) is 18.0 Å². The van der Waals surface area contributed by atoms with Crippen LogP contribution in [0, 0.1) is 11.6 Å². The first-order valence-electron chi connectivity index (χ1n) is 7.04. The lowest BCUT2D eigenvalue weighted by atomic mass is 10.2. The maximum absolute atomic E-state index is 13.8. The second-order valence-corrected chi connectivity index (χ2v) is 5.24. The number of benzene rings is 1. The Hall–Kier alpha value is -2.50. The number of halogens is 2. The molecule has 0 bridgehead atoms. The van der Waals surface area contributed by atoms with Crippen LogP contribution in [0.15, 0.2) is 42.7 Å². The molecule has 1 aliphatic heterocycles. The molecule has 1 atom stereocenters. The fourth-order valence-electron chi connectivity index (χ4n) is 2.60. The van der Waals surface area contributed by atoms with Gasteiger partial charge in [0.15, 0.2) is 0 Å².